The largest absolute Gasteiger partial charge is 0.481 e. The molecule has 2 aliphatic rings. The zero-order valence-electron chi connectivity index (χ0n) is 13.4. The summed E-state index contributed by atoms with van der Waals surface area (Å²) in [6.45, 7) is 2.89. The predicted molar refractivity (Wildman–Crippen MR) is 84.8 cm³/mol. The lowest BCUT2D eigenvalue weighted by Gasteiger charge is -2.25. The van der Waals surface area contributed by atoms with Gasteiger partial charge in [-0.05, 0) is 42.9 Å². The van der Waals surface area contributed by atoms with Crippen molar-refractivity contribution in [3.63, 3.8) is 0 Å². The van der Waals surface area contributed by atoms with E-state index in [1.54, 1.807) is 17.3 Å². The number of fused-ring (bicyclic) bond motifs is 1. The van der Waals surface area contributed by atoms with E-state index in [0.717, 1.165) is 24.8 Å². The van der Waals surface area contributed by atoms with Gasteiger partial charge in [0, 0.05) is 25.5 Å². The van der Waals surface area contributed by atoms with Crippen LogP contribution in [0.5, 0.6) is 0 Å². The molecule has 6 heteroatoms. The van der Waals surface area contributed by atoms with Gasteiger partial charge < -0.3 is 15.3 Å². The molecule has 2 amide bonds. The van der Waals surface area contributed by atoms with Crippen molar-refractivity contribution in [3.05, 3.63) is 30.1 Å². The van der Waals surface area contributed by atoms with Crippen LogP contribution in [0.2, 0.25) is 0 Å². The zero-order chi connectivity index (χ0) is 16.4. The summed E-state index contributed by atoms with van der Waals surface area (Å²) < 4.78 is 0. The van der Waals surface area contributed by atoms with Crippen LogP contribution in [0.3, 0.4) is 0 Å². The summed E-state index contributed by atoms with van der Waals surface area (Å²) in [7, 11) is 0. The average molecular weight is 317 g/mol. The van der Waals surface area contributed by atoms with E-state index >= 15 is 0 Å². The Balaban J connectivity index is 1.69. The van der Waals surface area contributed by atoms with Crippen LogP contribution < -0.4 is 5.32 Å². The second-order valence-corrected chi connectivity index (χ2v) is 6.62. The fraction of sp³-hybridized carbons (Fsp3) is 0.588. The highest BCUT2D eigenvalue weighted by atomic mass is 16.4. The third-order valence-electron chi connectivity index (χ3n) is 5.40. The first-order valence-electron chi connectivity index (χ1n) is 8.25. The van der Waals surface area contributed by atoms with Crippen molar-refractivity contribution in [2.45, 2.75) is 38.6 Å². The van der Waals surface area contributed by atoms with Gasteiger partial charge in [0.1, 0.15) is 0 Å². The molecular weight excluding hydrogens is 294 g/mol. The molecule has 2 fully saturated rings. The van der Waals surface area contributed by atoms with E-state index in [-0.39, 0.29) is 18.0 Å². The smallest absolute Gasteiger partial charge is 0.317 e. The van der Waals surface area contributed by atoms with Crippen LogP contribution in [0.25, 0.3) is 0 Å². The molecule has 124 valence electrons. The molecule has 0 spiro atoms. The first kappa shape index (κ1) is 15.8. The molecule has 1 aromatic rings. The number of hydrogen-bond donors (Lipinski definition) is 2. The fourth-order valence-electron chi connectivity index (χ4n) is 4.05. The van der Waals surface area contributed by atoms with Crippen molar-refractivity contribution >= 4 is 12.0 Å². The van der Waals surface area contributed by atoms with Crippen molar-refractivity contribution in [1.82, 2.24) is 15.2 Å². The zero-order valence-corrected chi connectivity index (χ0v) is 13.4. The summed E-state index contributed by atoms with van der Waals surface area (Å²) in [5, 5.41) is 12.7. The van der Waals surface area contributed by atoms with Crippen LogP contribution in [0.1, 0.15) is 44.2 Å². The van der Waals surface area contributed by atoms with E-state index < -0.39 is 11.4 Å². The number of likely N-dealkylation sites (tertiary alicyclic amines) is 1. The normalized spacial score (nSPS) is 27.5. The second kappa shape index (κ2) is 6.18. The lowest BCUT2D eigenvalue weighted by atomic mass is 9.81. The molecule has 23 heavy (non-hydrogen) atoms. The Hall–Kier alpha value is -2.11. The van der Waals surface area contributed by atoms with Crippen LogP contribution in [0, 0.1) is 11.3 Å². The number of carbonyl (C=O) groups is 2. The Morgan fingerprint density at radius 1 is 1.48 bits per heavy atom. The van der Waals surface area contributed by atoms with Crippen molar-refractivity contribution < 1.29 is 14.7 Å². The van der Waals surface area contributed by atoms with Crippen molar-refractivity contribution in [1.29, 1.82) is 0 Å². The Bertz CT molecular complexity index is 592. The fourth-order valence-corrected chi connectivity index (χ4v) is 4.05. The minimum absolute atomic E-state index is 0.0771. The van der Waals surface area contributed by atoms with Crippen LogP contribution in [0.15, 0.2) is 24.5 Å². The van der Waals surface area contributed by atoms with Gasteiger partial charge >= 0.3 is 12.0 Å². The molecule has 1 saturated heterocycles. The molecule has 1 aliphatic heterocycles. The Labute approximate surface area is 135 Å². The summed E-state index contributed by atoms with van der Waals surface area (Å²) in [6, 6.07) is 3.55. The molecule has 0 radical (unpaired) electrons. The summed E-state index contributed by atoms with van der Waals surface area (Å²) in [6.07, 6.45) is 6.72. The number of carboxylic acids is 1. The number of rotatable bonds is 4. The van der Waals surface area contributed by atoms with Crippen molar-refractivity contribution in [3.8, 4) is 0 Å². The van der Waals surface area contributed by atoms with Gasteiger partial charge in [-0.25, -0.2) is 4.79 Å². The lowest BCUT2D eigenvalue weighted by Crippen LogP contribution is -2.42. The number of nitrogens with zero attached hydrogens (tertiary/aromatic N) is 2. The number of urea groups is 1. The second-order valence-electron chi connectivity index (χ2n) is 6.62. The number of aliphatic carboxylic acids is 1. The molecule has 1 unspecified atom stereocenters. The highest BCUT2D eigenvalue weighted by Gasteiger charge is 2.55. The standard InChI is InChI=1S/C17H23N3O3/c1-2-14(12-5-8-18-9-6-12)19-16(23)20-10-13-4-3-7-17(13,11-20)15(21)22/h5-6,8-9,13-14H,2-4,7,10-11H2,1H3,(H,19,23)(H,21,22)/t13-,14?,17+/m0/s1. The van der Waals surface area contributed by atoms with Gasteiger partial charge in [-0.3, -0.25) is 9.78 Å². The molecule has 0 aromatic carbocycles. The monoisotopic (exact) mass is 317 g/mol. The van der Waals surface area contributed by atoms with Gasteiger partial charge in [0.25, 0.3) is 0 Å². The topological polar surface area (TPSA) is 82.5 Å². The lowest BCUT2D eigenvalue weighted by molar-refractivity contribution is -0.149. The highest BCUT2D eigenvalue weighted by Crippen LogP contribution is 2.48. The third-order valence-corrected chi connectivity index (χ3v) is 5.40. The number of nitrogens with one attached hydrogen (secondary N) is 1. The Morgan fingerprint density at radius 3 is 2.83 bits per heavy atom. The first-order valence-corrected chi connectivity index (χ1v) is 8.25. The molecule has 1 saturated carbocycles. The van der Waals surface area contributed by atoms with Crippen LogP contribution in [-0.2, 0) is 4.79 Å². The summed E-state index contributed by atoms with van der Waals surface area (Å²) in [5.74, 6) is -0.664. The molecule has 2 N–H and O–H groups in total. The van der Waals surface area contributed by atoms with Gasteiger partial charge in [0.15, 0.2) is 0 Å². The molecule has 1 aromatic heterocycles. The molecule has 3 atom stereocenters. The van der Waals surface area contributed by atoms with E-state index in [9.17, 15) is 14.7 Å². The van der Waals surface area contributed by atoms with E-state index in [1.165, 1.54) is 0 Å². The SMILES string of the molecule is CCC(NC(=O)N1C[C@@H]2CCC[C@@]2(C(=O)O)C1)c1ccncc1. The summed E-state index contributed by atoms with van der Waals surface area (Å²) in [4.78, 5) is 30.0. The molecule has 0 bridgehead atoms. The Kier molecular flexibility index (Phi) is 4.24. The molecule has 1 aliphatic carbocycles. The van der Waals surface area contributed by atoms with Gasteiger partial charge in [-0.1, -0.05) is 13.3 Å². The average Bonchev–Trinajstić information content (AvgIpc) is 3.11. The number of carboxylic acid groups (broad SMARTS) is 1. The molecule has 3 rings (SSSR count). The number of pyridine rings is 1. The quantitative estimate of drug-likeness (QED) is 0.893. The van der Waals surface area contributed by atoms with Gasteiger partial charge in [-0.2, -0.15) is 0 Å². The predicted octanol–water partition coefficient (Wildman–Crippen LogP) is 2.43. The maximum atomic E-state index is 12.6. The third kappa shape index (κ3) is 2.78. The number of hydrogen-bond acceptors (Lipinski definition) is 3. The molecular formula is C17H23N3O3. The molecule has 2 heterocycles. The maximum Gasteiger partial charge on any atom is 0.317 e. The number of carbonyl (C=O) groups excluding carboxylic acids is 1. The van der Waals surface area contributed by atoms with E-state index in [4.69, 9.17) is 0 Å². The van der Waals surface area contributed by atoms with Crippen LogP contribution in [-0.4, -0.2) is 40.1 Å². The van der Waals surface area contributed by atoms with Crippen LogP contribution in [0.4, 0.5) is 4.79 Å². The molecule has 6 nitrogen and oxygen atoms in total. The van der Waals surface area contributed by atoms with E-state index in [2.05, 4.69) is 10.3 Å². The summed E-state index contributed by atoms with van der Waals surface area (Å²) in [5.41, 5.74) is 0.290. The van der Waals surface area contributed by atoms with E-state index in [0.29, 0.717) is 19.5 Å². The van der Waals surface area contributed by atoms with Gasteiger partial charge in [0.2, 0.25) is 0 Å². The van der Waals surface area contributed by atoms with Crippen molar-refractivity contribution in [2.75, 3.05) is 13.1 Å². The maximum absolute atomic E-state index is 12.6. The van der Waals surface area contributed by atoms with Crippen LogP contribution >= 0.6 is 0 Å². The summed E-state index contributed by atoms with van der Waals surface area (Å²) >= 11 is 0. The minimum Gasteiger partial charge on any atom is -0.481 e. The number of amides is 2. The van der Waals surface area contributed by atoms with Gasteiger partial charge in [-0.15, -0.1) is 0 Å². The number of aromatic nitrogens is 1. The first-order chi connectivity index (χ1) is 11.1. The Morgan fingerprint density at radius 2 is 2.22 bits per heavy atom. The minimum atomic E-state index is -0.753. The van der Waals surface area contributed by atoms with Gasteiger partial charge in [0.05, 0.1) is 11.5 Å². The van der Waals surface area contributed by atoms with E-state index in [1.807, 2.05) is 19.1 Å². The van der Waals surface area contributed by atoms with Crippen molar-refractivity contribution in [2.24, 2.45) is 11.3 Å². The highest BCUT2D eigenvalue weighted by molar-refractivity contribution is 5.80.